The van der Waals surface area contributed by atoms with Gasteiger partial charge < -0.3 is 10.0 Å². The Morgan fingerprint density at radius 1 is 0.893 bits per heavy atom. The molecule has 1 unspecified atom stereocenters. The molecular formula is C22H24Cl2NOPTi. The Bertz CT molecular complexity index is 893. The average molecular weight is 468 g/mol. The summed E-state index contributed by atoms with van der Waals surface area (Å²) in [5, 5.41) is 12.7. The van der Waals surface area contributed by atoms with Gasteiger partial charge in [0.25, 0.3) is 0 Å². The van der Waals surface area contributed by atoms with Crippen LogP contribution in [0, 0.1) is 13.8 Å². The van der Waals surface area contributed by atoms with Gasteiger partial charge in [0.05, 0.1) is 0 Å². The molecule has 0 spiro atoms. The summed E-state index contributed by atoms with van der Waals surface area (Å²) in [6.45, 7) is 4.96. The van der Waals surface area contributed by atoms with Crippen molar-refractivity contribution in [3.8, 4) is 5.75 Å². The van der Waals surface area contributed by atoms with Gasteiger partial charge in [0, 0.05) is 29.9 Å². The summed E-state index contributed by atoms with van der Waals surface area (Å²) < 4.78 is 0. The Balaban J connectivity index is 0.000000878. The normalized spacial score (nSPS) is 10.5. The Labute approximate surface area is 186 Å². The standard InChI is InChI=1S/C22H24NOP.2ClH.Ti/c1-16-9-8-14-20(21(16)24)25-22-17(2)10-7-13-19(22)23(3)15-18-11-5-4-6-12-18;;;/h4-14,24-25H,15H2,1-3H3;2*1H;/q;;;+2/p-2. The number of rotatable bonds is 5. The third-order valence-corrected chi connectivity index (χ3v) is 6.00. The van der Waals surface area contributed by atoms with E-state index in [4.69, 9.17) is 18.6 Å². The summed E-state index contributed by atoms with van der Waals surface area (Å²) in [7, 11) is 12.3. The number of hydrogen-bond donors (Lipinski definition) is 1. The van der Waals surface area contributed by atoms with Crippen molar-refractivity contribution in [2.45, 2.75) is 20.4 Å². The summed E-state index contributed by atoms with van der Waals surface area (Å²) >= 11 is -0.556. The zero-order valence-corrected chi connectivity index (χ0v) is 20.3. The maximum absolute atomic E-state index is 10.4. The molecule has 1 atom stereocenters. The summed E-state index contributed by atoms with van der Waals surface area (Å²) in [6.07, 6.45) is 0. The first-order chi connectivity index (χ1) is 13.5. The Kier molecular flexibility index (Phi) is 9.85. The second kappa shape index (κ2) is 11.9. The molecule has 0 aliphatic heterocycles. The van der Waals surface area contributed by atoms with Crippen LogP contribution in [0.4, 0.5) is 5.69 Å². The maximum atomic E-state index is 10.4. The molecular weight excluding hydrogens is 444 g/mol. The van der Waals surface area contributed by atoms with Crippen molar-refractivity contribution in [3.63, 3.8) is 0 Å². The molecule has 0 aromatic heterocycles. The Hall–Kier alpha value is -1.02. The van der Waals surface area contributed by atoms with E-state index in [9.17, 15) is 5.11 Å². The Morgan fingerprint density at radius 3 is 2.18 bits per heavy atom. The minimum atomic E-state index is -0.556. The van der Waals surface area contributed by atoms with E-state index in [0.29, 0.717) is 14.3 Å². The molecule has 1 N–H and O–H groups in total. The van der Waals surface area contributed by atoms with Gasteiger partial charge in [0.1, 0.15) is 5.75 Å². The second-order valence-corrected chi connectivity index (χ2v) is 10.3. The topological polar surface area (TPSA) is 23.5 Å². The molecule has 6 heteroatoms. The molecule has 146 valence electrons. The number of halogens is 2. The van der Waals surface area contributed by atoms with Gasteiger partial charge in [-0.15, -0.1) is 0 Å². The van der Waals surface area contributed by atoms with Gasteiger partial charge in [0.2, 0.25) is 0 Å². The van der Waals surface area contributed by atoms with Gasteiger partial charge in [-0.25, -0.2) is 0 Å². The van der Waals surface area contributed by atoms with Crippen LogP contribution in [0.2, 0.25) is 0 Å². The van der Waals surface area contributed by atoms with Crippen LogP contribution in [0.25, 0.3) is 0 Å². The van der Waals surface area contributed by atoms with Crippen LogP contribution < -0.4 is 15.5 Å². The molecule has 0 saturated carbocycles. The molecule has 3 aromatic rings. The molecule has 0 radical (unpaired) electrons. The van der Waals surface area contributed by atoms with Crippen LogP contribution in [0.15, 0.2) is 66.7 Å². The molecule has 3 aromatic carbocycles. The van der Waals surface area contributed by atoms with Gasteiger partial charge >= 0.3 is 35.6 Å². The third kappa shape index (κ3) is 6.51. The molecule has 28 heavy (non-hydrogen) atoms. The number of benzene rings is 3. The monoisotopic (exact) mass is 467 g/mol. The van der Waals surface area contributed by atoms with Gasteiger partial charge in [-0.05, 0) is 36.6 Å². The average Bonchev–Trinajstić information content (AvgIpc) is 2.68. The van der Waals surface area contributed by atoms with E-state index in [1.54, 1.807) is 0 Å². The van der Waals surface area contributed by atoms with Crippen molar-refractivity contribution in [2.24, 2.45) is 0 Å². The first-order valence-corrected chi connectivity index (χ1v) is 14.1. The van der Waals surface area contributed by atoms with Crippen LogP contribution in [0.1, 0.15) is 16.7 Å². The van der Waals surface area contributed by atoms with Crippen LogP contribution in [-0.4, -0.2) is 12.2 Å². The van der Waals surface area contributed by atoms with E-state index < -0.39 is 17.0 Å². The van der Waals surface area contributed by atoms with E-state index in [1.807, 2.05) is 31.2 Å². The number of phenols is 1. The van der Waals surface area contributed by atoms with Crippen molar-refractivity contribution in [1.29, 1.82) is 0 Å². The molecule has 2 nitrogen and oxygen atoms in total. The van der Waals surface area contributed by atoms with Crippen molar-refractivity contribution < 1.29 is 22.1 Å². The molecule has 0 aliphatic carbocycles. The molecule has 0 amide bonds. The number of nitrogens with zero attached hydrogens (tertiary/aromatic N) is 1. The molecule has 0 heterocycles. The van der Waals surface area contributed by atoms with Crippen molar-refractivity contribution in [3.05, 3.63) is 83.4 Å². The summed E-state index contributed by atoms with van der Waals surface area (Å²) in [6, 6.07) is 22.9. The van der Waals surface area contributed by atoms with Crippen molar-refractivity contribution in [1.82, 2.24) is 0 Å². The zero-order valence-electron chi connectivity index (χ0n) is 16.2. The predicted molar refractivity (Wildman–Crippen MR) is 122 cm³/mol. The molecule has 0 aliphatic rings. The summed E-state index contributed by atoms with van der Waals surface area (Å²) in [5.41, 5.74) is 4.71. The summed E-state index contributed by atoms with van der Waals surface area (Å²) in [5.74, 6) is 0.417. The molecule has 0 bridgehead atoms. The van der Waals surface area contributed by atoms with Gasteiger partial charge in [-0.2, -0.15) is 0 Å². The van der Waals surface area contributed by atoms with E-state index in [-0.39, 0.29) is 0 Å². The summed E-state index contributed by atoms with van der Waals surface area (Å²) in [4.78, 5) is 2.29. The predicted octanol–water partition coefficient (Wildman–Crippen LogP) is 5.65. The van der Waals surface area contributed by atoms with Crippen LogP contribution >= 0.6 is 27.2 Å². The SMILES string of the molecule is Cc1cccc(Pc2c(C)cccc2N(C)Cc2ccccc2)c1O.[Cl][Ti][Cl]. The first-order valence-electron chi connectivity index (χ1n) is 8.84. The number of para-hydroxylation sites is 1. The second-order valence-electron chi connectivity index (χ2n) is 6.48. The van der Waals surface area contributed by atoms with E-state index in [1.165, 1.54) is 22.1 Å². The molecule has 0 fully saturated rings. The van der Waals surface area contributed by atoms with E-state index in [0.717, 1.165) is 17.4 Å². The molecule has 0 saturated heterocycles. The van der Waals surface area contributed by atoms with Gasteiger partial charge in [-0.3, -0.25) is 0 Å². The number of anilines is 1. The van der Waals surface area contributed by atoms with E-state index >= 15 is 0 Å². The number of hydrogen-bond acceptors (Lipinski definition) is 2. The fourth-order valence-corrected chi connectivity index (χ4v) is 4.42. The van der Waals surface area contributed by atoms with Crippen LogP contribution in [-0.2, 0) is 23.6 Å². The zero-order chi connectivity index (χ0) is 20.5. The fraction of sp³-hybridized carbons (Fsp3) is 0.182. The minimum absolute atomic E-state index is 0.417. The number of aromatic hydroxyl groups is 1. The molecule has 3 rings (SSSR count). The van der Waals surface area contributed by atoms with Gasteiger partial charge in [-0.1, -0.05) is 69.2 Å². The third-order valence-electron chi connectivity index (χ3n) is 4.42. The van der Waals surface area contributed by atoms with Crippen LogP contribution in [0.5, 0.6) is 5.75 Å². The fourth-order valence-electron chi connectivity index (χ4n) is 2.97. The first kappa shape index (κ1) is 23.3. The van der Waals surface area contributed by atoms with Crippen LogP contribution in [0.3, 0.4) is 0 Å². The number of phenolic OH excluding ortho intramolecular Hbond substituents is 1. The quantitative estimate of drug-likeness (QED) is 0.387. The van der Waals surface area contributed by atoms with Crippen molar-refractivity contribution >= 4 is 43.5 Å². The number of aryl methyl sites for hydroxylation is 2. The van der Waals surface area contributed by atoms with Gasteiger partial charge in [0.15, 0.2) is 0 Å². The Morgan fingerprint density at radius 2 is 1.50 bits per heavy atom. The van der Waals surface area contributed by atoms with Crippen molar-refractivity contribution in [2.75, 3.05) is 11.9 Å². The van der Waals surface area contributed by atoms with E-state index in [2.05, 4.69) is 61.3 Å².